The molecule has 1 saturated heterocycles. The Morgan fingerprint density at radius 1 is 1.00 bits per heavy atom. The minimum absolute atomic E-state index is 0. The van der Waals surface area contributed by atoms with Gasteiger partial charge in [0.25, 0.3) is 0 Å². The van der Waals surface area contributed by atoms with Crippen molar-refractivity contribution >= 4 is 59.7 Å². The summed E-state index contributed by atoms with van der Waals surface area (Å²) in [6.45, 7) is 1.96. The smallest absolute Gasteiger partial charge is 0.770 e. The van der Waals surface area contributed by atoms with E-state index in [1.165, 1.54) is 0 Å². The van der Waals surface area contributed by atoms with E-state index in [-0.39, 0.29) is 26.3 Å². The average molecular weight is 373 g/mol. The predicted octanol–water partition coefficient (Wildman–Crippen LogP) is 0.855. The molecule has 0 aromatic rings. The normalized spacial score (nSPS) is 15.2. The average Bonchev–Trinajstić information content (AvgIpc) is 2.39. The van der Waals surface area contributed by atoms with Crippen LogP contribution in [0.3, 0.4) is 0 Å². The molecule has 1 aliphatic heterocycles. The van der Waals surface area contributed by atoms with Gasteiger partial charge in [-0.05, 0) is 0 Å². The number of likely N-dealkylation sites (N-methyl/N-ethyl adjacent to an activating group) is 2. The Morgan fingerprint density at radius 2 is 1.26 bits per heavy atom. The largest absolute Gasteiger partial charge is 2.00 e. The number of allylic oxidation sites excluding steroid dienone is 2. The Kier molecular flexibility index (Phi) is 11.2. The summed E-state index contributed by atoms with van der Waals surface area (Å²) < 4.78 is 0. The van der Waals surface area contributed by atoms with Crippen LogP contribution in [0, 0.1) is 22.7 Å². The van der Waals surface area contributed by atoms with Crippen molar-refractivity contribution in [2.45, 2.75) is 0 Å². The Bertz CT molecular complexity index is 421. The van der Waals surface area contributed by atoms with Crippen LogP contribution in [0.5, 0.6) is 0 Å². The van der Waals surface area contributed by atoms with Crippen molar-refractivity contribution in [3.05, 3.63) is 9.81 Å². The Morgan fingerprint density at radius 3 is 1.47 bits per heavy atom. The Labute approximate surface area is 145 Å². The van der Waals surface area contributed by atoms with Gasteiger partial charge in [-0.25, -0.2) is 0 Å². The van der Waals surface area contributed by atoms with Gasteiger partial charge in [-0.1, -0.05) is 24.4 Å². The molecule has 1 rings (SSSR count). The zero-order valence-corrected chi connectivity index (χ0v) is 14.4. The zero-order chi connectivity index (χ0) is 14.3. The summed E-state index contributed by atoms with van der Waals surface area (Å²) in [6.07, 6.45) is 0. The van der Waals surface area contributed by atoms with Crippen LogP contribution in [0.15, 0.2) is 9.81 Å². The number of thiocarbonyl (C=S) groups is 2. The molecule has 0 bridgehead atoms. The van der Waals surface area contributed by atoms with Crippen LogP contribution in [-0.4, -0.2) is 47.0 Å². The fourth-order valence-corrected chi connectivity index (χ4v) is 1.52. The molecular formula is C10H10N4NiS4. The van der Waals surface area contributed by atoms with Gasteiger partial charge in [0.05, 0.1) is 12.1 Å². The molecule has 4 nitrogen and oxygen atoms in total. The van der Waals surface area contributed by atoms with Crippen molar-refractivity contribution in [3.63, 3.8) is 0 Å². The third-order valence-electron chi connectivity index (χ3n) is 2.06. The van der Waals surface area contributed by atoms with E-state index in [2.05, 4.69) is 25.3 Å². The molecular weight excluding hydrogens is 363 g/mol. The molecule has 104 valence electrons. The molecule has 19 heavy (non-hydrogen) atoms. The number of nitrogens with zero attached hydrogens (tertiary/aromatic N) is 4. The van der Waals surface area contributed by atoms with Gasteiger partial charge < -0.3 is 35.1 Å². The minimum Gasteiger partial charge on any atom is -0.770 e. The van der Waals surface area contributed by atoms with Crippen molar-refractivity contribution in [2.24, 2.45) is 0 Å². The van der Waals surface area contributed by atoms with E-state index in [1.807, 2.05) is 23.9 Å². The van der Waals surface area contributed by atoms with Gasteiger partial charge in [-0.2, -0.15) is 10.5 Å². The van der Waals surface area contributed by atoms with E-state index in [0.29, 0.717) is 0 Å². The molecule has 0 unspecified atom stereocenters. The first-order chi connectivity index (χ1) is 8.34. The van der Waals surface area contributed by atoms with Crippen LogP contribution in [0.25, 0.3) is 0 Å². The molecule has 0 aromatic heterocycles. The summed E-state index contributed by atoms with van der Waals surface area (Å²) in [6, 6.07) is 3.17. The van der Waals surface area contributed by atoms with Crippen LogP contribution >= 0.6 is 24.4 Å². The molecule has 9 heteroatoms. The number of piperazine rings is 1. The van der Waals surface area contributed by atoms with E-state index >= 15 is 0 Å². The third-order valence-corrected chi connectivity index (χ3v) is 3.92. The first-order valence-corrected chi connectivity index (χ1v) is 6.37. The minimum atomic E-state index is -0.109. The molecule has 0 N–H and O–H groups in total. The molecule has 0 spiro atoms. The standard InChI is InChI=1S/C6H10N2S2.C4H2N2S2.Ni/c1-7-3-4-8(2)6(10)5(7)9;5-1-3(7)4(8)2-6;/h3-4H2,1-2H3;7-8H;/q;;+2/p-2. The molecule has 1 fully saturated rings. The molecule has 1 heterocycles. The maximum Gasteiger partial charge on any atom is 2.00 e. The van der Waals surface area contributed by atoms with E-state index in [9.17, 15) is 0 Å². The van der Waals surface area contributed by atoms with E-state index < -0.39 is 0 Å². The topological polar surface area (TPSA) is 54.1 Å². The number of rotatable bonds is 0. The summed E-state index contributed by atoms with van der Waals surface area (Å²) in [7, 11) is 3.95. The van der Waals surface area contributed by atoms with Crippen molar-refractivity contribution in [1.82, 2.24) is 9.80 Å². The number of hydrogen-bond acceptors (Lipinski definition) is 6. The van der Waals surface area contributed by atoms with E-state index in [1.54, 1.807) is 12.1 Å². The molecule has 0 amide bonds. The Hall–Kier alpha value is -0.566. The summed E-state index contributed by atoms with van der Waals surface area (Å²) in [5, 5.41) is 16.0. The van der Waals surface area contributed by atoms with Crippen LogP contribution in [0.4, 0.5) is 0 Å². The zero-order valence-electron chi connectivity index (χ0n) is 10.2. The quantitative estimate of drug-likeness (QED) is 0.268. The molecule has 0 aliphatic carbocycles. The van der Waals surface area contributed by atoms with Crippen LogP contribution < -0.4 is 0 Å². The van der Waals surface area contributed by atoms with Crippen molar-refractivity contribution < 1.29 is 16.5 Å². The second kappa shape index (κ2) is 10.2. The van der Waals surface area contributed by atoms with Gasteiger partial charge in [0.2, 0.25) is 0 Å². The van der Waals surface area contributed by atoms with Gasteiger partial charge in [-0.15, -0.1) is 9.81 Å². The van der Waals surface area contributed by atoms with E-state index in [0.717, 1.165) is 23.1 Å². The maximum atomic E-state index is 8.01. The summed E-state index contributed by atoms with van der Waals surface area (Å²) in [5.74, 6) is 0. The fraction of sp³-hybridized carbons (Fsp3) is 0.400. The van der Waals surface area contributed by atoms with Gasteiger partial charge in [0.15, 0.2) is 0 Å². The van der Waals surface area contributed by atoms with Crippen molar-refractivity contribution in [2.75, 3.05) is 27.2 Å². The van der Waals surface area contributed by atoms with Crippen LogP contribution in [0.1, 0.15) is 0 Å². The Balaban J connectivity index is 0. The monoisotopic (exact) mass is 372 g/mol. The van der Waals surface area contributed by atoms with Crippen molar-refractivity contribution in [3.8, 4) is 12.1 Å². The first kappa shape index (κ1) is 20.7. The molecule has 0 saturated carbocycles. The number of nitriles is 2. The van der Waals surface area contributed by atoms with Gasteiger partial charge in [0, 0.05) is 27.2 Å². The molecule has 0 atom stereocenters. The fourth-order valence-electron chi connectivity index (χ4n) is 0.931. The SMILES string of the molecule is CN1CCN(C)C(=S)C1=S.N#CC([S-])=C([S-])C#N.[Ni+2]. The predicted molar refractivity (Wildman–Crippen MR) is 83.4 cm³/mol. The van der Waals surface area contributed by atoms with Crippen LogP contribution in [0.2, 0.25) is 0 Å². The molecule has 0 radical (unpaired) electrons. The second-order valence-electron chi connectivity index (χ2n) is 3.34. The van der Waals surface area contributed by atoms with Gasteiger partial charge in [0.1, 0.15) is 9.98 Å². The molecule has 0 aromatic carbocycles. The van der Waals surface area contributed by atoms with Gasteiger partial charge >= 0.3 is 16.5 Å². The number of hydrogen-bond donors (Lipinski definition) is 0. The van der Waals surface area contributed by atoms with Gasteiger partial charge in [-0.3, -0.25) is 0 Å². The van der Waals surface area contributed by atoms with E-state index in [4.69, 9.17) is 35.0 Å². The second-order valence-corrected chi connectivity index (χ2v) is 4.93. The third kappa shape index (κ3) is 6.96. The van der Waals surface area contributed by atoms with Crippen molar-refractivity contribution in [1.29, 1.82) is 10.5 Å². The summed E-state index contributed by atoms with van der Waals surface area (Å²) >= 11 is 18.8. The molecule has 1 aliphatic rings. The first-order valence-electron chi connectivity index (χ1n) is 4.74. The van der Waals surface area contributed by atoms with Crippen LogP contribution in [-0.2, 0) is 41.7 Å². The summed E-state index contributed by atoms with van der Waals surface area (Å²) in [5.41, 5.74) is 0. The summed E-state index contributed by atoms with van der Waals surface area (Å²) in [4.78, 5) is 5.40. The maximum absolute atomic E-state index is 8.01.